The summed E-state index contributed by atoms with van der Waals surface area (Å²) >= 11 is 0. The molecule has 1 atom stereocenters. The van der Waals surface area contributed by atoms with Crippen molar-refractivity contribution in [2.75, 3.05) is 0 Å². The molecule has 1 aliphatic carbocycles. The lowest BCUT2D eigenvalue weighted by atomic mass is 9.86. The largest absolute Gasteiger partial charge is 0.508 e. The van der Waals surface area contributed by atoms with E-state index in [1.165, 1.54) is 6.07 Å². The summed E-state index contributed by atoms with van der Waals surface area (Å²) < 4.78 is 0. The molecule has 152 valence electrons. The molecular formula is C24H33NO3. The number of aliphatic hydroxyl groups excluding tert-OH is 2. The van der Waals surface area contributed by atoms with Crippen LogP contribution in [0.3, 0.4) is 0 Å². The molecule has 0 saturated carbocycles. The van der Waals surface area contributed by atoms with Gasteiger partial charge in [0.05, 0.1) is 6.10 Å². The smallest absolute Gasteiger partial charge is 0.125 e. The summed E-state index contributed by atoms with van der Waals surface area (Å²) in [7, 11) is 0. The number of phenolic OH excluding ortho intramolecular Hbond substituents is 1. The number of phenols is 1. The van der Waals surface area contributed by atoms with E-state index in [1.807, 2.05) is 19.1 Å². The van der Waals surface area contributed by atoms with E-state index in [1.54, 1.807) is 12.1 Å². The highest BCUT2D eigenvalue weighted by Crippen LogP contribution is 2.36. The van der Waals surface area contributed by atoms with Gasteiger partial charge in [-0.05, 0) is 63.8 Å². The Balaban J connectivity index is 2.73. The van der Waals surface area contributed by atoms with Crippen LogP contribution in [0.25, 0.3) is 11.5 Å². The number of hydrogen-bond acceptors (Lipinski definition) is 4. The van der Waals surface area contributed by atoms with Gasteiger partial charge in [-0.2, -0.15) is 0 Å². The average Bonchev–Trinajstić information content (AvgIpc) is 2.57. The maximum atomic E-state index is 10.7. The van der Waals surface area contributed by atoms with Crippen molar-refractivity contribution in [3.8, 4) is 5.75 Å². The number of aliphatic hydroxyl groups is 2. The van der Waals surface area contributed by atoms with E-state index >= 15 is 0 Å². The molecule has 4 heteroatoms. The predicted octanol–water partition coefficient (Wildman–Crippen LogP) is 5.46. The van der Waals surface area contributed by atoms with Crippen molar-refractivity contribution in [2.24, 2.45) is 0 Å². The predicted molar refractivity (Wildman–Crippen MR) is 117 cm³/mol. The molecule has 0 spiro atoms. The first kappa shape index (κ1) is 21.8. The van der Waals surface area contributed by atoms with Crippen LogP contribution in [-0.4, -0.2) is 27.0 Å². The third kappa shape index (κ3) is 5.29. The van der Waals surface area contributed by atoms with Crippen LogP contribution >= 0.6 is 0 Å². The number of aromatic hydroxyl groups is 1. The zero-order chi connectivity index (χ0) is 21.1. The van der Waals surface area contributed by atoms with Crippen molar-refractivity contribution in [3.63, 3.8) is 0 Å². The van der Waals surface area contributed by atoms with Crippen molar-refractivity contribution in [2.45, 2.75) is 65.5 Å². The molecule has 1 aliphatic rings. The molecule has 0 aliphatic heterocycles. The highest BCUT2D eigenvalue weighted by atomic mass is 16.3. The van der Waals surface area contributed by atoms with Gasteiger partial charge in [-0.1, -0.05) is 43.7 Å². The standard InChI is InChI=1S/C24H33NO3/c1-7-8-19(18-11-9-15(2)13-21(18)27)23(25-24(4,5)6)20-12-10-17(16(3)26)14-22(20)28/h9-12,14,21,25-28H,3,7-8,13H2,1-2,4-6H3/b23-19-. The Kier molecular flexibility index (Phi) is 6.78. The molecule has 4 nitrogen and oxygen atoms in total. The van der Waals surface area contributed by atoms with Crippen LogP contribution in [0, 0.1) is 0 Å². The zero-order valence-corrected chi connectivity index (χ0v) is 17.6. The maximum absolute atomic E-state index is 10.7. The Bertz CT molecular complexity index is 838. The third-order valence-electron chi connectivity index (χ3n) is 4.67. The lowest BCUT2D eigenvalue weighted by Crippen LogP contribution is -2.35. The van der Waals surface area contributed by atoms with Crippen molar-refractivity contribution in [3.05, 3.63) is 64.8 Å². The molecule has 0 bridgehead atoms. The zero-order valence-electron chi connectivity index (χ0n) is 17.6. The molecule has 0 radical (unpaired) electrons. The second-order valence-corrected chi connectivity index (χ2v) is 8.51. The number of nitrogens with one attached hydrogen (secondary N) is 1. The van der Waals surface area contributed by atoms with Gasteiger partial charge >= 0.3 is 0 Å². The van der Waals surface area contributed by atoms with E-state index in [9.17, 15) is 15.3 Å². The van der Waals surface area contributed by atoms with Gasteiger partial charge in [-0.15, -0.1) is 0 Å². The summed E-state index contributed by atoms with van der Waals surface area (Å²) in [5, 5.41) is 34.6. The Morgan fingerprint density at radius 2 is 1.93 bits per heavy atom. The molecule has 4 N–H and O–H groups in total. The minimum Gasteiger partial charge on any atom is -0.508 e. The fraction of sp³-hybridized carbons (Fsp3) is 0.417. The number of allylic oxidation sites excluding steroid dienone is 2. The van der Waals surface area contributed by atoms with Gasteiger partial charge in [0.25, 0.3) is 0 Å². The molecule has 1 aromatic carbocycles. The third-order valence-corrected chi connectivity index (χ3v) is 4.67. The molecule has 28 heavy (non-hydrogen) atoms. The first-order valence-corrected chi connectivity index (χ1v) is 9.82. The van der Waals surface area contributed by atoms with Crippen molar-refractivity contribution in [1.82, 2.24) is 5.32 Å². The summed E-state index contributed by atoms with van der Waals surface area (Å²) in [5.41, 5.74) is 4.71. The summed E-state index contributed by atoms with van der Waals surface area (Å²) in [6.45, 7) is 13.8. The SMILES string of the molecule is C=C(O)c1ccc(/C(NC(C)(C)C)=C(\CCC)C2=CC=C(C)CC2O)c(O)c1. The van der Waals surface area contributed by atoms with Gasteiger partial charge in [-0.25, -0.2) is 0 Å². The summed E-state index contributed by atoms with van der Waals surface area (Å²) in [4.78, 5) is 0. The van der Waals surface area contributed by atoms with Gasteiger partial charge in [0, 0.05) is 22.4 Å². The maximum Gasteiger partial charge on any atom is 0.125 e. The van der Waals surface area contributed by atoms with E-state index in [-0.39, 0.29) is 17.0 Å². The van der Waals surface area contributed by atoms with E-state index in [4.69, 9.17) is 0 Å². The fourth-order valence-electron chi connectivity index (χ4n) is 3.39. The first-order valence-electron chi connectivity index (χ1n) is 9.82. The van der Waals surface area contributed by atoms with Crippen molar-refractivity contribution in [1.29, 1.82) is 0 Å². The number of rotatable bonds is 6. The highest BCUT2D eigenvalue weighted by Gasteiger charge is 2.25. The lowest BCUT2D eigenvalue weighted by Gasteiger charge is -2.30. The normalized spacial score (nSPS) is 18.1. The van der Waals surface area contributed by atoms with Gasteiger partial charge in [0.1, 0.15) is 11.5 Å². The van der Waals surface area contributed by atoms with Crippen LogP contribution < -0.4 is 5.32 Å². The fourth-order valence-corrected chi connectivity index (χ4v) is 3.39. The monoisotopic (exact) mass is 383 g/mol. The van der Waals surface area contributed by atoms with Crippen LogP contribution in [0.5, 0.6) is 5.75 Å². The van der Waals surface area contributed by atoms with E-state index < -0.39 is 6.10 Å². The Hall–Kier alpha value is -2.46. The molecule has 1 unspecified atom stereocenters. The molecule has 2 rings (SSSR count). The second-order valence-electron chi connectivity index (χ2n) is 8.51. The number of hydrogen-bond donors (Lipinski definition) is 4. The van der Waals surface area contributed by atoms with Gasteiger partial charge in [0.2, 0.25) is 0 Å². The quantitative estimate of drug-likeness (QED) is 0.492. The van der Waals surface area contributed by atoms with Gasteiger partial charge in [-0.3, -0.25) is 0 Å². The van der Waals surface area contributed by atoms with E-state index in [2.05, 4.69) is 39.6 Å². The van der Waals surface area contributed by atoms with Gasteiger partial charge < -0.3 is 20.6 Å². The Morgan fingerprint density at radius 3 is 2.43 bits per heavy atom. The molecule has 1 aromatic rings. The lowest BCUT2D eigenvalue weighted by molar-refractivity contribution is 0.211. The van der Waals surface area contributed by atoms with Crippen molar-refractivity contribution < 1.29 is 15.3 Å². The number of benzene rings is 1. The van der Waals surface area contributed by atoms with Crippen LogP contribution in [-0.2, 0) is 0 Å². The van der Waals surface area contributed by atoms with E-state index in [0.29, 0.717) is 17.5 Å². The minimum absolute atomic E-state index is 0.0608. The minimum atomic E-state index is -0.568. The summed E-state index contributed by atoms with van der Waals surface area (Å²) in [6.07, 6.45) is 5.75. The molecule has 0 amide bonds. The second kappa shape index (κ2) is 8.70. The average molecular weight is 384 g/mol. The Labute approximate surface area is 168 Å². The molecule has 0 saturated heterocycles. The molecule has 0 fully saturated rings. The summed E-state index contributed by atoms with van der Waals surface area (Å²) in [5.74, 6) is -0.0263. The molecular weight excluding hydrogens is 350 g/mol. The van der Waals surface area contributed by atoms with Crippen LogP contribution in [0.2, 0.25) is 0 Å². The molecule has 0 heterocycles. The van der Waals surface area contributed by atoms with Crippen LogP contribution in [0.1, 0.15) is 65.0 Å². The van der Waals surface area contributed by atoms with Gasteiger partial charge in [0.15, 0.2) is 0 Å². The first-order chi connectivity index (χ1) is 13.0. The van der Waals surface area contributed by atoms with Crippen LogP contribution in [0.15, 0.2) is 53.6 Å². The van der Waals surface area contributed by atoms with E-state index in [0.717, 1.165) is 35.3 Å². The highest BCUT2D eigenvalue weighted by molar-refractivity contribution is 5.77. The van der Waals surface area contributed by atoms with Crippen LogP contribution in [0.4, 0.5) is 0 Å². The Morgan fingerprint density at radius 1 is 1.25 bits per heavy atom. The topological polar surface area (TPSA) is 72.7 Å². The van der Waals surface area contributed by atoms with Crippen molar-refractivity contribution >= 4 is 11.5 Å². The molecule has 0 aromatic heterocycles. The summed E-state index contributed by atoms with van der Waals surface area (Å²) in [6, 6.07) is 5.04.